The van der Waals surface area contributed by atoms with Crippen molar-refractivity contribution in [3.63, 3.8) is 0 Å². The van der Waals surface area contributed by atoms with Gasteiger partial charge >= 0.3 is 5.97 Å². The van der Waals surface area contributed by atoms with E-state index in [1.165, 1.54) is 44.9 Å². The third kappa shape index (κ3) is 3.69. The van der Waals surface area contributed by atoms with E-state index in [-0.39, 0.29) is 5.56 Å². The van der Waals surface area contributed by atoms with Crippen LogP contribution >= 0.6 is 0 Å². The van der Waals surface area contributed by atoms with E-state index in [4.69, 9.17) is 0 Å². The normalized spacial score (nSPS) is 16.7. The molecule has 1 N–H and O–H groups in total. The first-order valence-corrected chi connectivity index (χ1v) is 6.85. The molecule has 1 saturated carbocycles. The second kappa shape index (κ2) is 6.55. The molecule has 1 fully saturated rings. The van der Waals surface area contributed by atoms with Crippen LogP contribution in [0.1, 0.15) is 48.9 Å². The highest BCUT2D eigenvalue weighted by molar-refractivity contribution is 5.90. The van der Waals surface area contributed by atoms with Crippen LogP contribution in [0, 0.1) is 5.82 Å². The Balaban J connectivity index is 2.09. The number of esters is 1. The standard InChI is InChI=1S/C15H20FNO2/c1-19-15(18)13-10-12(8-9-14(13)16)17-11-6-4-2-3-5-7-11/h8-11,17H,2-7H2,1H3. The minimum atomic E-state index is -0.637. The summed E-state index contributed by atoms with van der Waals surface area (Å²) >= 11 is 0. The van der Waals surface area contributed by atoms with Crippen LogP contribution < -0.4 is 5.32 Å². The number of anilines is 1. The second-order valence-corrected chi connectivity index (χ2v) is 5.02. The van der Waals surface area contributed by atoms with Crippen LogP contribution in [0.5, 0.6) is 0 Å². The maximum Gasteiger partial charge on any atom is 0.340 e. The zero-order valence-corrected chi connectivity index (χ0v) is 11.2. The molecule has 2 rings (SSSR count). The number of hydrogen-bond donors (Lipinski definition) is 1. The van der Waals surface area contributed by atoms with Crippen LogP contribution in [-0.2, 0) is 4.74 Å². The van der Waals surface area contributed by atoms with Crippen molar-refractivity contribution in [2.24, 2.45) is 0 Å². The Morgan fingerprint density at radius 2 is 1.95 bits per heavy atom. The molecule has 0 unspecified atom stereocenters. The van der Waals surface area contributed by atoms with Gasteiger partial charge in [0.05, 0.1) is 12.7 Å². The number of halogens is 1. The van der Waals surface area contributed by atoms with E-state index in [2.05, 4.69) is 10.1 Å². The molecule has 1 aromatic rings. The van der Waals surface area contributed by atoms with Gasteiger partial charge in [-0.25, -0.2) is 9.18 Å². The molecule has 19 heavy (non-hydrogen) atoms. The molecule has 104 valence electrons. The highest BCUT2D eigenvalue weighted by Crippen LogP contribution is 2.22. The van der Waals surface area contributed by atoms with Crippen LogP contribution in [0.15, 0.2) is 18.2 Å². The average molecular weight is 265 g/mol. The van der Waals surface area contributed by atoms with E-state index < -0.39 is 11.8 Å². The third-order valence-corrected chi connectivity index (χ3v) is 3.60. The topological polar surface area (TPSA) is 38.3 Å². The lowest BCUT2D eigenvalue weighted by Gasteiger charge is -2.18. The fraction of sp³-hybridized carbons (Fsp3) is 0.533. The summed E-state index contributed by atoms with van der Waals surface area (Å²) in [7, 11) is 1.26. The van der Waals surface area contributed by atoms with Crippen molar-refractivity contribution >= 4 is 11.7 Å². The van der Waals surface area contributed by atoms with Crippen LogP contribution in [0.3, 0.4) is 0 Å². The molecule has 3 nitrogen and oxygen atoms in total. The lowest BCUT2D eigenvalue weighted by Crippen LogP contribution is -2.18. The van der Waals surface area contributed by atoms with Crippen LogP contribution in [-0.4, -0.2) is 19.1 Å². The molecule has 0 atom stereocenters. The van der Waals surface area contributed by atoms with Gasteiger partial charge in [-0.3, -0.25) is 0 Å². The minimum absolute atomic E-state index is 0.0129. The van der Waals surface area contributed by atoms with Gasteiger partial charge in [0, 0.05) is 11.7 Å². The number of methoxy groups -OCH3 is 1. The fourth-order valence-corrected chi connectivity index (χ4v) is 2.54. The summed E-state index contributed by atoms with van der Waals surface area (Å²) in [5.74, 6) is -1.18. The van der Waals surface area contributed by atoms with Crippen molar-refractivity contribution in [2.45, 2.75) is 44.6 Å². The summed E-state index contributed by atoms with van der Waals surface area (Å²) in [6.07, 6.45) is 7.28. The van der Waals surface area contributed by atoms with Gasteiger partial charge in [0.15, 0.2) is 0 Å². The molecule has 0 heterocycles. The largest absolute Gasteiger partial charge is 0.465 e. The summed E-state index contributed by atoms with van der Waals surface area (Å²) in [5.41, 5.74) is 0.773. The van der Waals surface area contributed by atoms with Gasteiger partial charge in [-0.05, 0) is 31.0 Å². The number of carbonyl (C=O) groups is 1. The molecular weight excluding hydrogens is 245 g/mol. The zero-order valence-electron chi connectivity index (χ0n) is 11.2. The van der Waals surface area contributed by atoms with Crippen LogP contribution in [0.4, 0.5) is 10.1 Å². The molecule has 0 aromatic heterocycles. The Bertz CT molecular complexity index is 440. The summed E-state index contributed by atoms with van der Waals surface area (Å²) in [4.78, 5) is 11.4. The van der Waals surface area contributed by atoms with E-state index in [1.54, 1.807) is 6.07 Å². The van der Waals surface area contributed by atoms with Gasteiger partial charge in [-0.15, -0.1) is 0 Å². The number of rotatable bonds is 3. The van der Waals surface area contributed by atoms with Crippen molar-refractivity contribution in [3.05, 3.63) is 29.6 Å². The highest BCUT2D eigenvalue weighted by Gasteiger charge is 2.15. The SMILES string of the molecule is COC(=O)c1cc(NC2CCCCCC2)ccc1F. The molecule has 0 bridgehead atoms. The lowest BCUT2D eigenvalue weighted by molar-refractivity contribution is 0.0595. The van der Waals surface area contributed by atoms with Crippen LogP contribution in [0.2, 0.25) is 0 Å². The van der Waals surface area contributed by atoms with E-state index in [9.17, 15) is 9.18 Å². The third-order valence-electron chi connectivity index (χ3n) is 3.60. The predicted molar refractivity (Wildman–Crippen MR) is 72.9 cm³/mol. The zero-order chi connectivity index (χ0) is 13.7. The summed E-state index contributed by atoms with van der Waals surface area (Å²) < 4.78 is 18.1. The van der Waals surface area contributed by atoms with Crippen LogP contribution in [0.25, 0.3) is 0 Å². The van der Waals surface area contributed by atoms with Gasteiger partial charge in [0.1, 0.15) is 5.82 Å². The second-order valence-electron chi connectivity index (χ2n) is 5.02. The van der Waals surface area contributed by atoms with Gasteiger partial charge in [0.25, 0.3) is 0 Å². The van der Waals surface area contributed by atoms with Crippen molar-refractivity contribution in [1.29, 1.82) is 0 Å². The molecule has 1 aliphatic carbocycles. The molecule has 4 heteroatoms. The molecule has 0 spiro atoms. The molecule has 1 aromatic carbocycles. The van der Waals surface area contributed by atoms with E-state index in [0.717, 1.165) is 18.5 Å². The maximum atomic E-state index is 13.5. The van der Waals surface area contributed by atoms with Crippen molar-refractivity contribution in [3.8, 4) is 0 Å². The molecule has 0 saturated heterocycles. The number of carbonyl (C=O) groups excluding carboxylic acids is 1. The maximum absolute atomic E-state index is 13.5. The highest BCUT2D eigenvalue weighted by atomic mass is 19.1. The molecule has 1 aliphatic rings. The van der Waals surface area contributed by atoms with Gasteiger partial charge in [0.2, 0.25) is 0 Å². The van der Waals surface area contributed by atoms with E-state index >= 15 is 0 Å². The van der Waals surface area contributed by atoms with Gasteiger partial charge in [-0.1, -0.05) is 25.7 Å². The first kappa shape index (κ1) is 13.8. The van der Waals surface area contributed by atoms with Gasteiger partial charge in [-0.2, -0.15) is 0 Å². The quantitative estimate of drug-likeness (QED) is 0.668. The Hall–Kier alpha value is -1.58. The van der Waals surface area contributed by atoms with E-state index in [0.29, 0.717) is 6.04 Å². The predicted octanol–water partition coefficient (Wildman–Crippen LogP) is 3.75. The van der Waals surface area contributed by atoms with Crippen molar-refractivity contribution < 1.29 is 13.9 Å². The summed E-state index contributed by atoms with van der Waals surface area (Å²) in [6.45, 7) is 0. The van der Waals surface area contributed by atoms with Crippen molar-refractivity contribution in [1.82, 2.24) is 0 Å². The lowest BCUT2D eigenvalue weighted by atomic mass is 10.1. The Morgan fingerprint density at radius 1 is 1.26 bits per heavy atom. The molecular formula is C15H20FNO2. The van der Waals surface area contributed by atoms with Crippen molar-refractivity contribution in [2.75, 3.05) is 12.4 Å². The number of hydrogen-bond acceptors (Lipinski definition) is 3. The Kier molecular flexibility index (Phi) is 4.77. The van der Waals surface area contributed by atoms with Gasteiger partial charge < -0.3 is 10.1 Å². The first-order chi connectivity index (χ1) is 9.20. The van der Waals surface area contributed by atoms with E-state index in [1.807, 2.05) is 0 Å². The smallest absolute Gasteiger partial charge is 0.340 e. The fourth-order valence-electron chi connectivity index (χ4n) is 2.54. The molecule has 0 amide bonds. The summed E-state index contributed by atoms with van der Waals surface area (Å²) in [5, 5.41) is 3.39. The Labute approximate surface area is 113 Å². The monoisotopic (exact) mass is 265 g/mol. The molecule has 0 radical (unpaired) electrons. The average Bonchev–Trinajstić information content (AvgIpc) is 2.68. The molecule has 0 aliphatic heterocycles. The minimum Gasteiger partial charge on any atom is -0.465 e. The first-order valence-electron chi connectivity index (χ1n) is 6.85. The number of ether oxygens (including phenoxy) is 1. The number of benzene rings is 1. The number of nitrogens with one attached hydrogen (secondary N) is 1. The summed E-state index contributed by atoms with van der Waals surface area (Å²) in [6, 6.07) is 4.93. The Morgan fingerprint density at radius 3 is 2.58 bits per heavy atom.